The molecule has 1 aliphatic rings. The van der Waals surface area contributed by atoms with E-state index in [2.05, 4.69) is 56.2 Å². The molecule has 3 aromatic carbocycles. The van der Waals surface area contributed by atoms with Crippen molar-refractivity contribution < 1.29 is 0 Å². The minimum Gasteiger partial charge on any atom is -0.355 e. The van der Waals surface area contributed by atoms with Crippen LogP contribution in [0, 0.1) is 0 Å². The van der Waals surface area contributed by atoms with Crippen LogP contribution >= 0.6 is 24.0 Å². The number of hydrogen-bond donors (Lipinski definition) is 1. The van der Waals surface area contributed by atoms with Crippen molar-refractivity contribution in [3.63, 3.8) is 0 Å². The van der Waals surface area contributed by atoms with Crippen molar-refractivity contribution in [2.24, 2.45) is 0 Å². The lowest BCUT2D eigenvalue weighted by atomic mass is 10.1. The fourth-order valence-electron chi connectivity index (χ4n) is 4.36. The Morgan fingerprint density at radius 3 is 2.29 bits per heavy atom. The largest absolute Gasteiger partial charge is 0.355 e. The molecule has 2 heterocycles. The maximum Gasteiger partial charge on any atom is 0.258 e. The molecular formula is C28H28N4OS2. The van der Waals surface area contributed by atoms with E-state index in [1.54, 1.807) is 11.8 Å². The second-order valence-electron chi connectivity index (χ2n) is 8.83. The highest BCUT2D eigenvalue weighted by atomic mass is 32.2. The van der Waals surface area contributed by atoms with Crippen molar-refractivity contribution in [3.8, 4) is 0 Å². The first kappa shape index (κ1) is 23.7. The number of fused-ring (bicyclic) bond motifs is 1. The number of H-pyrrole nitrogens is 1. The summed E-state index contributed by atoms with van der Waals surface area (Å²) in [5, 5.41) is 0.625. The minimum absolute atomic E-state index is 0.0927. The number of aromatic amines is 1. The molecule has 0 radical (unpaired) electrons. The predicted molar refractivity (Wildman–Crippen MR) is 149 cm³/mol. The van der Waals surface area contributed by atoms with Gasteiger partial charge in [0.2, 0.25) is 0 Å². The van der Waals surface area contributed by atoms with Gasteiger partial charge in [0.25, 0.3) is 5.56 Å². The van der Waals surface area contributed by atoms with Crippen LogP contribution in [0.5, 0.6) is 0 Å². The Morgan fingerprint density at radius 2 is 1.57 bits per heavy atom. The molecule has 4 aromatic rings. The Balaban J connectivity index is 1.16. The van der Waals surface area contributed by atoms with Gasteiger partial charge in [-0.1, -0.05) is 90.7 Å². The molecule has 178 valence electrons. The first-order chi connectivity index (χ1) is 17.1. The molecule has 5 rings (SSSR count). The lowest BCUT2D eigenvalue weighted by molar-refractivity contribution is 0.179. The van der Waals surface area contributed by atoms with E-state index in [4.69, 9.17) is 12.2 Å². The van der Waals surface area contributed by atoms with Crippen molar-refractivity contribution in [2.45, 2.75) is 18.7 Å². The molecule has 0 atom stereocenters. The number of hydrogen-bond acceptors (Lipinski definition) is 5. The third-order valence-corrected chi connectivity index (χ3v) is 7.87. The molecule has 0 saturated carbocycles. The molecular weight excluding hydrogens is 472 g/mol. The van der Waals surface area contributed by atoms with Crippen molar-refractivity contribution in [1.82, 2.24) is 19.8 Å². The second-order valence-corrected chi connectivity index (χ2v) is 10.4. The minimum atomic E-state index is -0.0927. The number of nitrogens with one attached hydrogen (secondary N) is 1. The van der Waals surface area contributed by atoms with Crippen LogP contribution in [0.2, 0.25) is 0 Å². The summed E-state index contributed by atoms with van der Waals surface area (Å²) in [4.78, 5) is 25.2. The first-order valence-corrected chi connectivity index (χ1v) is 13.3. The van der Waals surface area contributed by atoms with Gasteiger partial charge >= 0.3 is 0 Å². The number of benzene rings is 3. The molecule has 0 spiro atoms. The second kappa shape index (κ2) is 11.2. The SMILES string of the molecule is O=c1[nH]c(Cc2ccccc2)nc2ccc(CSC(=S)N3CCN(Cc4ccccc4)CC3)cc12. The highest BCUT2D eigenvalue weighted by Crippen LogP contribution is 2.21. The van der Waals surface area contributed by atoms with Crippen LogP contribution in [0.3, 0.4) is 0 Å². The van der Waals surface area contributed by atoms with Gasteiger partial charge in [0.1, 0.15) is 10.1 Å². The third-order valence-electron chi connectivity index (χ3n) is 6.28. The highest BCUT2D eigenvalue weighted by Gasteiger charge is 2.19. The van der Waals surface area contributed by atoms with Gasteiger partial charge < -0.3 is 9.88 Å². The van der Waals surface area contributed by atoms with Gasteiger partial charge in [-0.25, -0.2) is 4.98 Å². The van der Waals surface area contributed by atoms with E-state index in [0.29, 0.717) is 17.6 Å². The van der Waals surface area contributed by atoms with Gasteiger partial charge in [0, 0.05) is 44.9 Å². The van der Waals surface area contributed by atoms with E-state index in [1.165, 1.54) is 5.56 Å². The maximum atomic E-state index is 12.7. The summed E-state index contributed by atoms with van der Waals surface area (Å²) in [5.74, 6) is 1.42. The Labute approximate surface area is 215 Å². The number of rotatable bonds is 6. The zero-order chi connectivity index (χ0) is 24.0. The summed E-state index contributed by atoms with van der Waals surface area (Å²) in [6.07, 6.45) is 0.608. The Bertz CT molecular complexity index is 1350. The van der Waals surface area contributed by atoms with Crippen LogP contribution in [-0.2, 0) is 18.7 Å². The summed E-state index contributed by atoms with van der Waals surface area (Å²) in [7, 11) is 0. The van der Waals surface area contributed by atoms with E-state index in [9.17, 15) is 4.79 Å². The summed E-state index contributed by atoms with van der Waals surface area (Å²) in [6.45, 7) is 4.91. The molecule has 1 N–H and O–H groups in total. The first-order valence-electron chi connectivity index (χ1n) is 11.9. The fraction of sp³-hybridized carbons (Fsp3) is 0.250. The number of aromatic nitrogens is 2. The molecule has 0 amide bonds. The third kappa shape index (κ3) is 6.17. The highest BCUT2D eigenvalue weighted by molar-refractivity contribution is 8.22. The number of thiocarbonyl (C=S) groups is 1. The van der Waals surface area contributed by atoms with E-state index >= 15 is 0 Å². The average molecular weight is 501 g/mol. The van der Waals surface area contributed by atoms with E-state index in [0.717, 1.165) is 59.4 Å². The van der Waals surface area contributed by atoms with Gasteiger partial charge in [-0.15, -0.1) is 0 Å². The van der Waals surface area contributed by atoms with Crippen molar-refractivity contribution in [3.05, 3.63) is 112 Å². The standard InChI is InChI=1S/C28H28N4OS2/c33-27-24-17-23(11-12-25(24)29-26(30-27)18-21-7-3-1-4-8-21)20-35-28(34)32-15-13-31(14-16-32)19-22-9-5-2-6-10-22/h1-12,17H,13-16,18-20H2,(H,29,30,33). The van der Waals surface area contributed by atoms with Crippen LogP contribution in [0.25, 0.3) is 10.9 Å². The molecule has 7 heteroatoms. The molecule has 35 heavy (non-hydrogen) atoms. The van der Waals surface area contributed by atoms with E-state index in [-0.39, 0.29) is 5.56 Å². The Hall–Kier alpha value is -3.00. The molecule has 1 fully saturated rings. The monoisotopic (exact) mass is 500 g/mol. The Morgan fingerprint density at radius 1 is 0.886 bits per heavy atom. The smallest absolute Gasteiger partial charge is 0.258 e. The lowest BCUT2D eigenvalue weighted by Gasteiger charge is -2.35. The van der Waals surface area contributed by atoms with Gasteiger partial charge in [-0.05, 0) is 28.8 Å². The van der Waals surface area contributed by atoms with Crippen LogP contribution in [0.1, 0.15) is 22.5 Å². The van der Waals surface area contributed by atoms with Crippen LogP contribution < -0.4 is 5.56 Å². The number of piperazine rings is 1. The van der Waals surface area contributed by atoms with Crippen LogP contribution in [0.4, 0.5) is 0 Å². The average Bonchev–Trinajstić information content (AvgIpc) is 2.89. The van der Waals surface area contributed by atoms with Crippen molar-refractivity contribution in [1.29, 1.82) is 0 Å². The zero-order valence-electron chi connectivity index (χ0n) is 19.5. The molecule has 0 bridgehead atoms. The van der Waals surface area contributed by atoms with Crippen molar-refractivity contribution in [2.75, 3.05) is 26.2 Å². The topological polar surface area (TPSA) is 52.2 Å². The molecule has 1 aromatic heterocycles. The van der Waals surface area contributed by atoms with Crippen LogP contribution in [-0.4, -0.2) is 50.3 Å². The Kier molecular flexibility index (Phi) is 7.57. The lowest BCUT2D eigenvalue weighted by Crippen LogP contribution is -2.47. The zero-order valence-corrected chi connectivity index (χ0v) is 21.2. The van der Waals surface area contributed by atoms with Gasteiger partial charge in [-0.3, -0.25) is 9.69 Å². The quantitative estimate of drug-likeness (QED) is 0.382. The summed E-state index contributed by atoms with van der Waals surface area (Å²) >= 11 is 7.40. The normalized spacial score (nSPS) is 14.3. The van der Waals surface area contributed by atoms with Crippen LogP contribution in [0.15, 0.2) is 83.7 Å². The van der Waals surface area contributed by atoms with Gasteiger partial charge in [0.05, 0.1) is 10.9 Å². The number of nitrogens with zero attached hydrogens (tertiary/aromatic N) is 3. The summed E-state index contributed by atoms with van der Waals surface area (Å²) < 4.78 is 0.926. The van der Waals surface area contributed by atoms with E-state index < -0.39 is 0 Å². The molecule has 0 unspecified atom stereocenters. The van der Waals surface area contributed by atoms with Crippen molar-refractivity contribution >= 4 is 39.2 Å². The maximum absolute atomic E-state index is 12.7. The molecule has 1 aliphatic heterocycles. The predicted octanol–water partition coefficient (Wildman–Crippen LogP) is 4.85. The number of thioether (sulfide) groups is 1. The van der Waals surface area contributed by atoms with E-state index in [1.807, 2.05) is 42.5 Å². The van der Waals surface area contributed by atoms with Gasteiger partial charge in [-0.2, -0.15) is 0 Å². The molecule has 0 aliphatic carbocycles. The van der Waals surface area contributed by atoms with Gasteiger partial charge in [0.15, 0.2) is 0 Å². The summed E-state index contributed by atoms with van der Waals surface area (Å²) in [6, 6.07) is 26.6. The molecule has 1 saturated heterocycles. The summed E-state index contributed by atoms with van der Waals surface area (Å²) in [5.41, 5.74) is 4.19. The molecule has 5 nitrogen and oxygen atoms in total. The fourth-order valence-corrected chi connectivity index (χ4v) is 5.56.